The Hall–Kier alpha value is -2.99. The number of carbonyl (C=O) groups excluding carboxylic acids is 2. The Labute approximate surface area is 151 Å². The first-order chi connectivity index (χ1) is 12.6. The molecular formula is C20H20FN3O2. The third kappa shape index (κ3) is 4.15. The molecule has 1 saturated heterocycles. The first-order valence-corrected chi connectivity index (χ1v) is 8.40. The van der Waals surface area contributed by atoms with Crippen molar-refractivity contribution in [3.8, 4) is 0 Å². The van der Waals surface area contributed by atoms with Crippen LogP contribution in [0, 0.1) is 5.82 Å². The van der Waals surface area contributed by atoms with Gasteiger partial charge >= 0.3 is 0 Å². The standard InChI is InChI=1S/C20H20FN3O2/c1-2-15-3-5-17(6-4-15)20(26)23-11-13-24(14-12-23)22-19(25)16-7-9-18(21)10-8-16/h2-10H,1,11-14H2,(H,22,25). The fourth-order valence-electron chi connectivity index (χ4n) is 2.78. The Morgan fingerprint density at radius 1 is 0.923 bits per heavy atom. The third-order valence-electron chi connectivity index (χ3n) is 4.33. The van der Waals surface area contributed by atoms with Gasteiger partial charge in [-0.25, -0.2) is 9.40 Å². The van der Waals surface area contributed by atoms with E-state index in [1.165, 1.54) is 24.3 Å². The first-order valence-electron chi connectivity index (χ1n) is 8.40. The quantitative estimate of drug-likeness (QED) is 0.919. The monoisotopic (exact) mass is 353 g/mol. The van der Waals surface area contributed by atoms with E-state index in [9.17, 15) is 14.0 Å². The average molecular weight is 353 g/mol. The Balaban J connectivity index is 1.53. The van der Waals surface area contributed by atoms with Crippen molar-refractivity contribution in [1.82, 2.24) is 15.3 Å². The van der Waals surface area contributed by atoms with E-state index < -0.39 is 0 Å². The van der Waals surface area contributed by atoms with E-state index >= 15 is 0 Å². The van der Waals surface area contributed by atoms with E-state index in [4.69, 9.17) is 0 Å². The molecule has 0 aromatic heterocycles. The molecule has 2 aromatic rings. The van der Waals surface area contributed by atoms with Gasteiger partial charge in [-0.15, -0.1) is 0 Å². The van der Waals surface area contributed by atoms with Crippen LogP contribution in [0.2, 0.25) is 0 Å². The Bertz CT molecular complexity index is 795. The lowest BCUT2D eigenvalue weighted by molar-refractivity contribution is 0.0505. The molecule has 1 aliphatic rings. The molecule has 1 N–H and O–H groups in total. The summed E-state index contributed by atoms with van der Waals surface area (Å²) in [6, 6.07) is 12.7. The Morgan fingerprint density at radius 2 is 1.50 bits per heavy atom. The summed E-state index contributed by atoms with van der Waals surface area (Å²) in [6.07, 6.45) is 1.73. The van der Waals surface area contributed by atoms with Gasteiger partial charge in [-0.05, 0) is 42.0 Å². The number of halogens is 1. The van der Waals surface area contributed by atoms with Crippen LogP contribution in [0.15, 0.2) is 55.1 Å². The second-order valence-electron chi connectivity index (χ2n) is 6.05. The second-order valence-corrected chi connectivity index (χ2v) is 6.05. The van der Waals surface area contributed by atoms with Crippen LogP contribution in [0.25, 0.3) is 6.08 Å². The molecule has 2 amide bonds. The molecule has 2 aromatic carbocycles. The molecule has 0 saturated carbocycles. The van der Waals surface area contributed by atoms with Crippen LogP contribution in [-0.2, 0) is 0 Å². The zero-order chi connectivity index (χ0) is 18.5. The molecule has 26 heavy (non-hydrogen) atoms. The maximum Gasteiger partial charge on any atom is 0.265 e. The second kappa shape index (κ2) is 7.93. The lowest BCUT2D eigenvalue weighted by Crippen LogP contribution is -2.54. The van der Waals surface area contributed by atoms with Gasteiger partial charge in [0.25, 0.3) is 11.8 Å². The van der Waals surface area contributed by atoms with Crippen LogP contribution >= 0.6 is 0 Å². The molecule has 0 spiro atoms. The van der Waals surface area contributed by atoms with Crippen molar-refractivity contribution < 1.29 is 14.0 Å². The van der Waals surface area contributed by atoms with Gasteiger partial charge in [0.05, 0.1) is 0 Å². The number of nitrogens with one attached hydrogen (secondary N) is 1. The summed E-state index contributed by atoms with van der Waals surface area (Å²) in [6.45, 7) is 5.80. The van der Waals surface area contributed by atoms with Crippen molar-refractivity contribution in [2.24, 2.45) is 0 Å². The zero-order valence-electron chi connectivity index (χ0n) is 14.3. The molecule has 5 nitrogen and oxygen atoms in total. The van der Waals surface area contributed by atoms with Crippen molar-refractivity contribution in [3.63, 3.8) is 0 Å². The van der Waals surface area contributed by atoms with Gasteiger partial charge in [0, 0.05) is 37.3 Å². The highest BCUT2D eigenvalue weighted by Gasteiger charge is 2.23. The van der Waals surface area contributed by atoms with E-state index in [0.29, 0.717) is 37.3 Å². The minimum absolute atomic E-state index is 0.0230. The summed E-state index contributed by atoms with van der Waals surface area (Å²) in [5, 5.41) is 1.77. The summed E-state index contributed by atoms with van der Waals surface area (Å²) in [7, 11) is 0. The predicted molar refractivity (Wildman–Crippen MR) is 97.9 cm³/mol. The molecule has 1 fully saturated rings. The van der Waals surface area contributed by atoms with Gasteiger partial charge in [-0.2, -0.15) is 0 Å². The van der Waals surface area contributed by atoms with Gasteiger partial charge in [0.1, 0.15) is 5.82 Å². The number of benzene rings is 2. The Kier molecular flexibility index (Phi) is 5.43. The minimum atomic E-state index is -0.380. The van der Waals surface area contributed by atoms with Gasteiger partial charge in [0.15, 0.2) is 0 Å². The number of amides is 2. The van der Waals surface area contributed by atoms with Crippen LogP contribution in [0.4, 0.5) is 4.39 Å². The number of hydrogen-bond acceptors (Lipinski definition) is 3. The first kappa shape index (κ1) is 17.8. The SMILES string of the molecule is C=Cc1ccc(C(=O)N2CCN(NC(=O)c3ccc(F)cc3)CC2)cc1. The number of hydrogen-bond donors (Lipinski definition) is 1. The lowest BCUT2D eigenvalue weighted by atomic mass is 10.1. The van der Waals surface area contributed by atoms with E-state index in [1.54, 1.807) is 28.1 Å². The molecule has 0 radical (unpaired) electrons. The van der Waals surface area contributed by atoms with E-state index in [1.807, 2.05) is 12.1 Å². The number of hydrazine groups is 1. The number of rotatable bonds is 4. The van der Waals surface area contributed by atoms with E-state index in [-0.39, 0.29) is 17.6 Å². The van der Waals surface area contributed by atoms with Crippen molar-refractivity contribution in [2.45, 2.75) is 0 Å². The number of nitrogens with zero attached hydrogens (tertiary/aromatic N) is 2. The van der Waals surface area contributed by atoms with Crippen LogP contribution < -0.4 is 5.43 Å². The van der Waals surface area contributed by atoms with Gasteiger partial charge in [0.2, 0.25) is 0 Å². The largest absolute Gasteiger partial charge is 0.336 e. The van der Waals surface area contributed by atoms with Gasteiger partial charge in [-0.1, -0.05) is 24.8 Å². The average Bonchev–Trinajstić information content (AvgIpc) is 2.68. The highest BCUT2D eigenvalue weighted by molar-refractivity contribution is 5.95. The maximum absolute atomic E-state index is 12.9. The fourth-order valence-corrected chi connectivity index (χ4v) is 2.78. The van der Waals surface area contributed by atoms with Gasteiger partial charge in [-0.3, -0.25) is 15.0 Å². The smallest absolute Gasteiger partial charge is 0.265 e. The van der Waals surface area contributed by atoms with E-state index in [2.05, 4.69) is 12.0 Å². The predicted octanol–water partition coefficient (Wildman–Crippen LogP) is 2.57. The molecule has 0 bridgehead atoms. The highest BCUT2D eigenvalue weighted by Crippen LogP contribution is 2.11. The minimum Gasteiger partial charge on any atom is -0.336 e. The van der Waals surface area contributed by atoms with Crippen molar-refractivity contribution in [2.75, 3.05) is 26.2 Å². The molecule has 0 aliphatic carbocycles. The van der Waals surface area contributed by atoms with Crippen LogP contribution in [0.5, 0.6) is 0 Å². The molecule has 1 aliphatic heterocycles. The molecule has 3 rings (SSSR count). The van der Waals surface area contributed by atoms with Crippen molar-refractivity contribution >= 4 is 17.9 Å². The molecule has 1 heterocycles. The third-order valence-corrected chi connectivity index (χ3v) is 4.33. The van der Waals surface area contributed by atoms with Crippen molar-refractivity contribution in [3.05, 3.63) is 77.6 Å². The topological polar surface area (TPSA) is 52.7 Å². The number of piperazine rings is 1. The normalized spacial score (nSPS) is 14.7. The number of carbonyl (C=O) groups is 2. The highest BCUT2D eigenvalue weighted by atomic mass is 19.1. The molecule has 0 unspecified atom stereocenters. The maximum atomic E-state index is 12.9. The molecule has 6 heteroatoms. The summed E-state index contributed by atoms with van der Waals surface area (Å²) in [4.78, 5) is 26.5. The molecule has 134 valence electrons. The summed E-state index contributed by atoms with van der Waals surface area (Å²) in [5.74, 6) is -0.690. The molecular weight excluding hydrogens is 333 g/mol. The Morgan fingerprint density at radius 3 is 2.08 bits per heavy atom. The lowest BCUT2D eigenvalue weighted by Gasteiger charge is -2.34. The van der Waals surface area contributed by atoms with Crippen molar-refractivity contribution in [1.29, 1.82) is 0 Å². The summed E-state index contributed by atoms with van der Waals surface area (Å²) in [5.41, 5.74) is 4.79. The van der Waals surface area contributed by atoms with Crippen LogP contribution in [-0.4, -0.2) is 47.9 Å². The fraction of sp³-hybridized carbons (Fsp3) is 0.200. The van der Waals surface area contributed by atoms with E-state index in [0.717, 1.165) is 5.56 Å². The molecule has 0 atom stereocenters. The summed E-state index contributed by atoms with van der Waals surface area (Å²) < 4.78 is 12.9. The summed E-state index contributed by atoms with van der Waals surface area (Å²) >= 11 is 0. The zero-order valence-corrected chi connectivity index (χ0v) is 14.3. The van der Waals surface area contributed by atoms with Crippen LogP contribution in [0.1, 0.15) is 26.3 Å². The van der Waals surface area contributed by atoms with Gasteiger partial charge < -0.3 is 4.90 Å². The van der Waals surface area contributed by atoms with Crippen LogP contribution in [0.3, 0.4) is 0 Å².